The van der Waals surface area contributed by atoms with Gasteiger partial charge in [-0.05, 0) is 47.0 Å². The van der Waals surface area contributed by atoms with Gasteiger partial charge in [-0.15, -0.1) is 0 Å². The number of anilines is 1. The third kappa shape index (κ3) is 4.55. The average Bonchev–Trinajstić information content (AvgIpc) is 2.32. The van der Waals surface area contributed by atoms with Gasteiger partial charge in [0.15, 0.2) is 0 Å². The second-order valence-electron chi connectivity index (χ2n) is 3.54. The highest BCUT2D eigenvalue weighted by atomic mass is 79.9. The number of carbonyl (C=O) groups is 1. The molecule has 2 N–H and O–H groups in total. The molecule has 4 nitrogen and oxygen atoms in total. The number of nitrogens with one attached hydrogen (secondary N) is 1. The zero-order chi connectivity index (χ0) is 12.7. The number of halogens is 1. The minimum Gasteiger partial charge on any atom is -0.396 e. The summed E-state index contributed by atoms with van der Waals surface area (Å²) >= 11 is 3.29. The third-order valence-corrected chi connectivity index (χ3v) is 2.84. The highest BCUT2D eigenvalue weighted by Crippen LogP contribution is 2.23. The van der Waals surface area contributed by atoms with Crippen molar-refractivity contribution >= 4 is 27.5 Å². The summed E-state index contributed by atoms with van der Waals surface area (Å²) in [6.07, 6.45) is 1.67. The molecule has 0 aromatic heterocycles. The van der Waals surface area contributed by atoms with Gasteiger partial charge < -0.3 is 10.4 Å². The quantitative estimate of drug-likeness (QED) is 0.820. The van der Waals surface area contributed by atoms with E-state index in [0.29, 0.717) is 35.0 Å². The molecular weight excluding hydrogens is 284 g/mol. The van der Waals surface area contributed by atoms with E-state index in [1.807, 2.05) is 6.07 Å². The SMILES string of the molecule is N#Cc1ccc(NC(=O)CCCCO)c(Br)c1. The summed E-state index contributed by atoms with van der Waals surface area (Å²) in [6.45, 7) is 0.105. The second kappa shape index (κ2) is 7.05. The molecule has 90 valence electrons. The molecule has 0 radical (unpaired) electrons. The van der Waals surface area contributed by atoms with Crippen LogP contribution in [0.15, 0.2) is 22.7 Å². The van der Waals surface area contributed by atoms with E-state index in [9.17, 15) is 4.79 Å². The fraction of sp³-hybridized carbons (Fsp3) is 0.333. The van der Waals surface area contributed by atoms with E-state index in [-0.39, 0.29) is 12.5 Å². The number of rotatable bonds is 5. The average molecular weight is 297 g/mol. The maximum Gasteiger partial charge on any atom is 0.224 e. The van der Waals surface area contributed by atoms with Gasteiger partial charge in [0.05, 0.1) is 17.3 Å². The van der Waals surface area contributed by atoms with Gasteiger partial charge in [-0.25, -0.2) is 0 Å². The monoisotopic (exact) mass is 296 g/mol. The van der Waals surface area contributed by atoms with Gasteiger partial charge in [0.25, 0.3) is 0 Å². The van der Waals surface area contributed by atoms with Crippen molar-refractivity contribution in [3.8, 4) is 6.07 Å². The molecule has 1 rings (SSSR count). The molecule has 0 saturated carbocycles. The molecule has 1 aromatic rings. The number of nitrogens with zero attached hydrogens (tertiary/aromatic N) is 1. The molecule has 0 heterocycles. The Kier molecular flexibility index (Phi) is 5.67. The van der Waals surface area contributed by atoms with Crippen molar-refractivity contribution < 1.29 is 9.90 Å². The maximum atomic E-state index is 11.5. The van der Waals surface area contributed by atoms with E-state index in [2.05, 4.69) is 21.2 Å². The molecule has 0 aliphatic rings. The molecule has 5 heteroatoms. The number of amides is 1. The van der Waals surface area contributed by atoms with Gasteiger partial charge in [0.2, 0.25) is 5.91 Å². The number of aliphatic hydroxyl groups is 1. The number of hydrogen-bond acceptors (Lipinski definition) is 3. The topological polar surface area (TPSA) is 73.1 Å². The Hall–Kier alpha value is -1.38. The minimum absolute atomic E-state index is 0.0937. The number of carbonyl (C=O) groups excluding carboxylic acids is 1. The molecule has 0 atom stereocenters. The molecule has 17 heavy (non-hydrogen) atoms. The van der Waals surface area contributed by atoms with Crippen LogP contribution in [0.4, 0.5) is 5.69 Å². The summed E-state index contributed by atoms with van der Waals surface area (Å²) in [6, 6.07) is 7.01. The van der Waals surface area contributed by atoms with Crippen LogP contribution in [0, 0.1) is 11.3 Å². The maximum absolute atomic E-state index is 11.5. The molecule has 1 aromatic carbocycles. The molecule has 0 aliphatic carbocycles. The van der Waals surface area contributed by atoms with Gasteiger partial charge in [-0.1, -0.05) is 0 Å². The lowest BCUT2D eigenvalue weighted by molar-refractivity contribution is -0.116. The van der Waals surface area contributed by atoms with E-state index in [0.717, 1.165) is 0 Å². The van der Waals surface area contributed by atoms with Crippen LogP contribution in [0.1, 0.15) is 24.8 Å². The molecule has 0 bridgehead atoms. The number of hydrogen-bond donors (Lipinski definition) is 2. The lowest BCUT2D eigenvalue weighted by atomic mass is 10.2. The third-order valence-electron chi connectivity index (χ3n) is 2.18. The lowest BCUT2D eigenvalue weighted by Crippen LogP contribution is -2.11. The van der Waals surface area contributed by atoms with Crippen LogP contribution in [-0.4, -0.2) is 17.6 Å². The summed E-state index contributed by atoms with van der Waals surface area (Å²) in [5, 5.41) is 20.0. The zero-order valence-electron chi connectivity index (χ0n) is 9.24. The Morgan fingerprint density at radius 2 is 2.24 bits per heavy atom. The number of unbranched alkanes of at least 4 members (excludes halogenated alkanes) is 1. The minimum atomic E-state index is -0.0937. The van der Waals surface area contributed by atoms with E-state index in [1.54, 1.807) is 18.2 Å². The summed E-state index contributed by atoms with van der Waals surface area (Å²) in [5.41, 5.74) is 1.19. The van der Waals surface area contributed by atoms with Crippen LogP contribution in [0.2, 0.25) is 0 Å². The lowest BCUT2D eigenvalue weighted by Gasteiger charge is -2.07. The number of nitriles is 1. The van der Waals surface area contributed by atoms with Gasteiger partial charge >= 0.3 is 0 Å². The first-order valence-electron chi connectivity index (χ1n) is 5.27. The van der Waals surface area contributed by atoms with Crippen LogP contribution in [0.25, 0.3) is 0 Å². The number of aliphatic hydroxyl groups excluding tert-OH is 1. The highest BCUT2D eigenvalue weighted by Gasteiger charge is 2.05. The van der Waals surface area contributed by atoms with Gasteiger partial charge in [0.1, 0.15) is 0 Å². The van der Waals surface area contributed by atoms with Gasteiger partial charge in [-0.3, -0.25) is 4.79 Å². The molecular formula is C12H13BrN2O2. The Morgan fingerprint density at radius 1 is 1.47 bits per heavy atom. The molecule has 0 aliphatic heterocycles. The van der Waals surface area contributed by atoms with E-state index in [4.69, 9.17) is 10.4 Å². The van der Waals surface area contributed by atoms with Crippen LogP contribution >= 0.6 is 15.9 Å². The first-order chi connectivity index (χ1) is 8.17. The Morgan fingerprint density at radius 3 is 2.82 bits per heavy atom. The molecule has 0 unspecified atom stereocenters. The summed E-state index contributed by atoms with van der Waals surface area (Å²) in [5.74, 6) is -0.0937. The van der Waals surface area contributed by atoms with Crippen LogP contribution in [-0.2, 0) is 4.79 Å². The van der Waals surface area contributed by atoms with Crippen molar-refractivity contribution in [1.29, 1.82) is 5.26 Å². The van der Waals surface area contributed by atoms with Crippen molar-refractivity contribution in [2.45, 2.75) is 19.3 Å². The van der Waals surface area contributed by atoms with E-state index in [1.165, 1.54) is 0 Å². The summed E-state index contributed by atoms with van der Waals surface area (Å²) in [4.78, 5) is 11.5. The summed E-state index contributed by atoms with van der Waals surface area (Å²) in [7, 11) is 0. The van der Waals surface area contributed by atoms with Gasteiger partial charge in [0, 0.05) is 17.5 Å². The first-order valence-corrected chi connectivity index (χ1v) is 6.07. The molecule has 0 fully saturated rings. The smallest absolute Gasteiger partial charge is 0.224 e. The Balaban J connectivity index is 2.57. The Labute approximate surface area is 108 Å². The normalized spacial score (nSPS) is 9.71. The highest BCUT2D eigenvalue weighted by molar-refractivity contribution is 9.10. The fourth-order valence-corrected chi connectivity index (χ4v) is 1.77. The molecule has 0 saturated heterocycles. The second-order valence-corrected chi connectivity index (χ2v) is 4.39. The number of benzene rings is 1. The van der Waals surface area contributed by atoms with Gasteiger partial charge in [-0.2, -0.15) is 5.26 Å². The van der Waals surface area contributed by atoms with Crippen molar-refractivity contribution in [2.75, 3.05) is 11.9 Å². The van der Waals surface area contributed by atoms with Crippen LogP contribution < -0.4 is 5.32 Å². The first kappa shape index (κ1) is 13.7. The van der Waals surface area contributed by atoms with Crippen molar-refractivity contribution in [1.82, 2.24) is 0 Å². The summed E-state index contributed by atoms with van der Waals surface area (Å²) < 4.78 is 0.687. The van der Waals surface area contributed by atoms with Crippen molar-refractivity contribution in [2.24, 2.45) is 0 Å². The Bertz CT molecular complexity index is 441. The largest absolute Gasteiger partial charge is 0.396 e. The van der Waals surface area contributed by atoms with Crippen molar-refractivity contribution in [3.63, 3.8) is 0 Å². The predicted molar refractivity (Wildman–Crippen MR) is 68.4 cm³/mol. The van der Waals surface area contributed by atoms with Crippen molar-refractivity contribution in [3.05, 3.63) is 28.2 Å². The van der Waals surface area contributed by atoms with Crippen LogP contribution in [0.5, 0.6) is 0 Å². The van der Waals surface area contributed by atoms with E-state index < -0.39 is 0 Å². The standard InChI is InChI=1S/C12H13BrN2O2/c13-10-7-9(8-14)4-5-11(10)15-12(17)3-1-2-6-16/h4-5,7,16H,1-3,6H2,(H,15,17). The fourth-order valence-electron chi connectivity index (χ4n) is 1.30. The zero-order valence-corrected chi connectivity index (χ0v) is 10.8. The van der Waals surface area contributed by atoms with E-state index >= 15 is 0 Å². The molecule has 1 amide bonds. The predicted octanol–water partition coefficient (Wildman–Crippen LogP) is 2.42. The van der Waals surface area contributed by atoms with Crippen LogP contribution in [0.3, 0.4) is 0 Å². The molecule has 0 spiro atoms.